The molecule has 2 unspecified atom stereocenters. The molecule has 4 nitrogen and oxygen atoms in total. The molecule has 0 fully saturated rings. The highest BCUT2D eigenvalue weighted by Crippen LogP contribution is 2.23. The highest BCUT2D eigenvalue weighted by molar-refractivity contribution is 7.96. The van der Waals surface area contributed by atoms with E-state index in [1.54, 1.807) is 0 Å². The van der Waals surface area contributed by atoms with Crippen molar-refractivity contribution >= 4 is 21.0 Å². The third kappa shape index (κ3) is 7.64. The lowest BCUT2D eigenvalue weighted by Crippen LogP contribution is -2.22. The fraction of sp³-hybridized carbons (Fsp3) is 0.375. The molecule has 9 heteroatoms. The van der Waals surface area contributed by atoms with E-state index in [0.29, 0.717) is 0 Å². The van der Waals surface area contributed by atoms with Crippen LogP contribution in [0, 0.1) is 0 Å². The molecule has 0 aliphatic heterocycles. The molecule has 0 saturated heterocycles. The number of halogens is 3. The summed E-state index contributed by atoms with van der Waals surface area (Å²) in [4.78, 5) is 1.40. The van der Waals surface area contributed by atoms with E-state index in [0.717, 1.165) is 12.2 Å². The molecule has 0 bridgehead atoms. The number of alkyl halides is 3. The minimum atomic E-state index is -6.09. The minimum Gasteiger partial charge on any atom is -0.741 e. The third-order valence-electron chi connectivity index (χ3n) is 3.25. The number of hydrogen-bond donors (Lipinski definition) is 1. The molecule has 1 aliphatic carbocycles. The topological polar surface area (TPSA) is 77.4 Å². The molecule has 2 rings (SSSR count). The Kier molecular flexibility index (Phi) is 7.30. The van der Waals surface area contributed by atoms with E-state index in [1.165, 1.54) is 10.5 Å². The van der Waals surface area contributed by atoms with Crippen LogP contribution >= 0.6 is 0 Å². The minimum absolute atomic E-state index is 0.243. The van der Waals surface area contributed by atoms with E-state index < -0.39 is 21.2 Å². The zero-order valence-corrected chi connectivity index (χ0v) is 15.3. The summed E-state index contributed by atoms with van der Waals surface area (Å²) < 4.78 is 58.9. The van der Waals surface area contributed by atoms with Gasteiger partial charge in [0.05, 0.1) is 5.60 Å². The Morgan fingerprint density at radius 3 is 2.20 bits per heavy atom. The number of allylic oxidation sites excluding steroid dienone is 1. The van der Waals surface area contributed by atoms with Gasteiger partial charge in [0.2, 0.25) is 0 Å². The summed E-state index contributed by atoms with van der Waals surface area (Å²) in [7, 11) is -5.85. The van der Waals surface area contributed by atoms with Crippen LogP contribution in [0.5, 0.6) is 0 Å². The fourth-order valence-corrected chi connectivity index (χ4v) is 3.36. The van der Waals surface area contributed by atoms with Gasteiger partial charge < -0.3 is 9.66 Å². The van der Waals surface area contributed by atoms with Gasteiger partial charge in [0.25, 0.3) is 0 Å². The Balaban J connectivity index is 0.000000333. The van der Waals surface area contributed by atoms with Crippen LogP contribution in [0.3, 0.4) is 0 Å². The highest BCUT2D eigenvalue weighted by atomic mass is 32.2. The summed E-state index contributed by atoms with van der Waals surface area (Å²) >= 11 is 0. The number of benzene rings is 1. The van der Waals surface area contributed by atoms with Crippen LogP contribution in [-0.2, 0) is 21.0 Å². The summed E-state index contributed by atoms with van der Waals surface area (Å²) in [6.45, 7) is 1.85. The zero-order chi connectivity index (χ0) is 19.3. The van der Waals surface area contributed by atoms with Gasteiger partial charge >= 0.3 is 5.51 Å². The van der Waals surface area contributed by atoms with Crippen LogP contribution < -0.4 is 0 Å². The van der Waals surface area contributed by atoms with Gasteiger partial charge in [0.1, 0.15) is 12.0 Å². The first-order chi connectivity index (χ1) is 11.3. The molecule has 1 aromatic rings. The van der Waals surface area contributed by atoms with Gasteiger partial charge in [-0.3, -0.25) is 0 Å². The summed E-state index contributed by atoms with van der Waals surface area (Å²) in [5, 5.41) is 9.81. The Hall–Kier alpha value is -1.29. The molecular formula is C16H19F3O4S2. The molecule has 0 saturated carbocycles. The van der Waals surface area contributed by atoms with E-state index in [2.05, 4.69) is 48.7 Å². The first-order valence-electron chi connectivity index (χ1n) is 7.12. The zero-order valence-electron chi connectivity index (χ0n) is 13.7. The number of hydrogen-bond acceptors (Lipinski definition) is 4. The quantitative estimate of drug-likeness (QED) is 0.484. The summed E-state index contributed by atoms with van der Waals surface area (Å²) in [5.74, 6) is 1.07. The average Bonchev–Trinajstić information content (AvgIpc) is 2.49. The lowest BCUT2D eigenvalue weighted by molar-refractivity contribution is -0.0517. The van der Waals surface area contributed by atoms with Crippen molar-refractivity contribution in [2.24, 2.45) is 0 Å². The standard InChI is InChI=1S/C15H19OS.CHF3O3S/c1-15(16)10-8-13(9-11-15)12-17(2)14-6-4-3-5-7-14;2-1(3,4)8(5,6)7/h3-10,16H,11-12H2,1-2H3;(H,5,6,7)/q+1;/p-1. The van der Waals surface area contributed by atoms with Crippen molar-refractivity contribution in [2.75, 3.05) is 12.0 Å². The predicted octanol–water partition coefficient (Wildman–Crippen LogP) is 2.98. The van der Waals surface area contributed by atoms with Crippen molar-refractivity contribution in [3.63, 3.8) is 0 Å². The molecule has 1 aliphatic rings. The molecule has 1 N–H and O–H groups in total. The molecule has 0 aromatic heterocycles. The van der Waals surface area contributed by atoms with Crippen LogP contribution in [0.25, 0.3) is 0 Å². The molecule has 0 amide bonds. The van der Waals surface area contributed by atoms with Gasteiger partial charge in [0.15, 0.2) is 15.0 Å². The predicted molar refractivity (Wildman–Crippen MR) is 91.1 cm³/mol. The summed E-state index contributed by atoms with van der Waals surface area (Å²) in [6.07, 6.45) is 9.13. The highest BCUT2D eigenvalue weighted by Gasteiger charge is 2.36. The second kappa shape index (κ2) is 8.39. The Bertz CT molecular complexity index is 723. The maximum Gasteiger partial charge on any atom is 0.485 e. The van der Waals surface area contributed by atoms with Crippen molar-refractivity contribution in [1.82, 2.24) is 0 Å². The largest absolute Gasteiger partial charge is 0.741 e. The van der Waals surface area contributed by atoms with E-state index in [4.69, 9.17) is 13.0 Å². The molecule has 1 aromatic carbocycles. The maximum absolute atomic E-state index is 10.7. The Morgan fingerprint density at radius 1 is 1.28 bits per heavy atom. The second-order valence-electron chi connectivity index (χ2n) is 5.67. The summed E-state index contributed by atoms with van der Waals surface area (Å²) in [6, 6.07) is 10.6. The van der Waals surface area contributed by atoms with Crippen LogP contribution in [-0.4, -0.2) is 41.2 Å². The van der Waals surface area contributed by atoms with Crippen molar-refractivity contribution < 1.29 is 31.2 Å². The lowest BCUT2D eigenvalue weighted by Gasteiger charge is -2.20. The van der Waals surface area contributed by atoms with Crippen LogP contribution in [0.15, 0.2) is 59.0 Å². The first-order valence-corrected chi connectivity index (χ1v) is 10.3. The van der Waals surface area contributed by atoms with Gasteiger partial charge in [-0.2, -0.15) is 13.2 Å². The van der Waals surface area contributed by atoms with Gasteiger partial charge in [-0.05, 0) is 31.1 Å². The van der Waals surface area contributed by atoms with Crippen LogP contribution in [0.4, 0.5) is 13.2 Å². The number of aliphatic hydroxyl groups is 1. The molecule has 0 heterocycles. The van der Waals surface area contributed by atoms with E-state index >= 15 is 0 Å². The fourth-order valence-electron chi connectivity index (χ4n) is 1.85. The van der Waals surface area contributed by atoms with Crippen LogP contribution in [0.1, 0.15) is 13.3 Å². The third-order valence-corrected chi connectivity index (χ3v) is 5.66. The molecule has 140 valence electrons. The van der Waals surface area contributed by atoms with Crippen molar-refractivity contribution in [3.8, 4) is 0 Å². The molecule has 0 spiro atoms. The smallest absolute Gasteiger partial charge is 0.485 e. The van der Waals surface area contributed by atoms with Gasteiger partial charge in [-0.1, -0.05) is 36.4 Å². The molecule has 0 radical (unpaired) electrons. The van der Waals surface area contributed by atoms with E-state index in [9.17, 15) is 18.3 Å². The Morgan fingerprint density at radius 2 is 1.80 bits per heavy atom. The second-order valence-corrected chi connectivity index (χ2v) is 9.07. The normalized spacial score (nSPS) is 21.8. The number of rotatable bonds is 3. The van der Waals surface area contributed by atoms with Gasteiger partial charge in [-0.15, -0.1) is 0 Å². The van der Waals surface area contributed by atoms with Crippen molar-refractivity contribution in [3.05, 3.63) is 54.1 Å². The average molecular weight is 396 g/mol. The van der Waals surface area contributed by atoms with Crippen molar-refractivity contribution in [2.45, 2.75) is 29.3 Å². The molecule has 2 atom stereocenters. The van der Waals surface area contributed by atoms with Gasteiger partial charge in [0, 0.05) is 10.9 Å². The SMILES string of the molecule is C[S+](CC1=CCC(C)(O)C=C1)c1ccccc1.O=S(=O)([O-])C(F)(F)F. The van der Waals surface area contributed by atoms with Gasteiger partial charge in [-0.25, -0.2) is 8.42 Å². The maximum atomic E-state index is 10.7. The monoisotopic (exact) mass is 396 g/mol. The van der Waals surface area contributed by atoms with Crippen molar-refractivity contribution in [1.29, 1.82) is 0 Å². The summed E-state index contributed by atoms with van der Waals surface area (Å²) in [5.41, 5.74) is -4.96. The van der Waals surface area contributed by atoms with E-state index in [-0.39, 0.29) is 10.9 Å². The van der Waals surface area contributed by atoms with E-state index in [1.807, 2.05) is 13.0 Å². The Labute approximate surface area is 148 Å². The first kappa shape index (κ1) is 21.8. The molecule has 25 heavy (non-hydrogen) atoms. The van der Waals surface area contributed by atoms with Crippen LogP contribution in [0.2, 0.25) is 0 Å². The molecular weight excluding hydrogens is 377 g/mol. The lowest BCUT2D eigenvalue weighted by atomic mass is 9.95.